The molecule has 0 saturated carbocycles. The van der Waals surface area contributed by atoms with Crippen molar-refractivity contribution in [3.8, 4) is 0 Å². The third kappa shape index (κ3) is 6.60. The molecule has 0 radical (unpaired) electrons. The average molecular weight is 222 g/mol. The molecule has 0 N–H and O–H groups in total. The van der Waals surface area contributed by atoms with Gasteiger partial charge in [-0.25, -0.2) is 0 Å². The van der Waals surface area contributed by atoms with Gasteiger partial charge in [-0.1, -0.05) is 53.7 Å². The van der Waals surface area contributed by atoms with Gasteiger partial charge in [-0.2, -0.15) is 0 Å². The number of rotatable bonds is 2. The number of hydrogen-bond donors (Lipinski definition) is 0. The number of ketones is 1. The summed E-state index contributed by atoms with van der Waals surface area (Å²) in [5.41, 5.74) is 1.79. The lowest BCUT2D eigenvalue weighted by Crippen LogP contribution is -2.10. The van der Waals surface area contributed by atoms with Crippen molar-refractivity contribution in [3.05, 3.63) is 23.3 Å². The molecule has 0 atom stereocenters. The van der Waals surface area contributed by atoms with Gasteiger partial charge in [-0.05, 0) is 35.8 Å². The van der Waals surface area contributed by atoms with Crippen molar-refractivity contribution in [1.82, 2.24) is 0 Å². The summed E-state index contributed by atoms with van der Waals surface area (Å²) in [6, 6.07) is 0. The highest BCUT2D eigenvalue weighted by atomic mass is 16.1. The van der Waals surface area contributed by atoms with E-state index in [4.69, 9.17) is 0 Å². The average Bonchev–Trinajstić information content (AvgIpc) is 1.96. The van der Waals surface area contributed by atoms with Crippen LogP contribution in [0.3, 0.4) is 0 Å². The van der Waals surface area contributed by atoms with Gasteiger partial charge in [0.25, 0.3) is 0 Å². The second-order valence-corrected chi connectivity index (χ2v) is 6.72. The van der Waals surface area contributed by atoms with Crippen molar-refractivity contribution in [1.29, 1.82) is 0 Å². The maximum atomic E-state index is 12.1. The van der Waals surface area contributed by atoms with Crippen molar-refractivity contribution in [2.45, 2.75) is 55.4 Å². The molecule has 0 amide bonds. The van der Waals surface area contributed by atoms with E-state index in [9.17, 15) is 4.79 Å². The van der Waals surface area contributed by atoms with Crippen LogP contribution in [0.4, 0.5) is 0 Å². The minimum Gasteiger partial charge on any atom is -0.289 e. The van der Waals surface area contributed by atoms with Gasteiger partial charge in [0.2, 0.25) is 0 Å². The predicted molar refractivity (Wildman–Crippen MR) is 71.4 cm³/mol. The van der Waals surface area contributed by atoms with Crippen molar-refractivity contribution in [2.75, 3.05) is 0 Å². The Morgan fingerprint density at radius 3 is 1.19 bits per heavy atom. The van der Waals surface area contributed by atoms with Crippen LogP contribution in [0.2, 0.25) is 0 Å². The van der Waals surface area contributed by atoms with Crippen molar-refractivity contribution < 1.29 is 4.79 Å². The smallest absolute Gasteiger partial charge is 0.183 e. The highest BCUT2D eigenvalue weighted by molar-refractivity contribution is 6.07. The Morgan fingerprint density at radius 2 is 1.00 bits per heavy atom. The fourth-order valence-corrected chi connectivity index (χ4v) is 1.74. The molecule has 0 aromatic carbocycles. The zero-order valence-electron chi connectivity index (χ0n) is 12.1. The molecule has 0 fully saturated rings. The van der Waals surface area contributed by atoms with Crippen LogP contribution in [0.5, 0.6) is 0 Å². The molecule has 0 saturated heterocycles. The Balaban J connectivity index is 4.97. The zero-order valence-corrected chi connectivity index (χ0v) is 12.1. The summed E-state index contributed by atoms with van der Waals surface area (Å²) < 4.78 is 0. The van der Waals surface area contributed by atoms with Crippen LogP contribution in [0.25, 0.3) is 0 Å². The topological polar surface area (TPSA) is 17.1 Å². The number of carbonyl (C=O) groups excluding carboxylic acids is 1. The first-order valence-electron chi connectivity index (χ1n) is 5.86. The highest BCUT2D eigenvalue weighted by Gasteiger charge is 2.15. The number of allylic oxidation sites excluding steroid dienone is 4. The molecule has 92 valence electrons. The van der Waals surface area contributed by atoms with Crippen LogP contribution in [0, 0.1) is 10.8 Å². The molecule has 0 aliphatic heterocycles. The van der Waals surface area contributed by atoms with Crippen molar-refractivity contribution >= 4 is 5.78 Å². The van der Waals surface area contributed by atoms with Crippen LogP contribution in [-0.4, -0.2) is 5.78 Å². The van der Waals surface area contributed by atoms with E-state index in [1.165, 1.54) is 0 Å². The summed E-state index contributed by atoms with van der Waals surface area (Å²) in [7, 11) is 0. The monoisotopic (exact) mass is 222 g/mol. The molecule has 1 nitrogen and oxygen atoms in total. The lowest BCUT2D eigenvalue weighted by atomic mass is 9.89. The van der Waals surface area contributed by atoms with Gasteiger partial charge in [0.1, 0.15) is 0 Å². The fraction of sp³-hybridized carbons (Fsp3) is 0.667. The summed E-state index contributed by atoms with van der Waals surface area (Å²) in [6.07, 6.45) is 4.07. The summed E-state index contributed by atoms with van der Waals surface area (Å²) in [5, 5.41) is 0. The normalized spacial score (nSPS) is 15.2. The Morgan fingerprint density at radius 1 is 0.750 bits per heavy atom. The third-order valence-electron chi connectivity index (χ3n) is 2.02. The molecule has 0 heterocycles. The van der Waals surface area contributed by atoms with Crippen LogP contribution < -0.4 is 0 Å². The number of hydrogen-bond acceptors (Lipinski definition) is 1. The van der Waals surface area contributed by atoms with Crippen molar-refractivity contribution in [2.24, 2.45) is 10.8 Å². The Bertz CT molecular complexity index is 284. The summed E-state index contributed by atoms with van der Waals surface area (Å²) in [4.78, 5) is 12.1. The Kier molecular flexibility index (Phi) is 4.72. The van der Waals surface area contributed by atoms with E-state index in [0.29, 0.717) is 0 Å². The number of carbonyl (C=O) groups is 1. The van der Waals surface area contributed by atoms with Crippen molar-refractivity contribution in [3.63, 3.8) is 0 Å². The molecule has 1 heteroatoms. The summed E-state index contributed by atoms with van der Waals surface area (Å²) in [6.45, 7) is 16.4. The van der Waals surface area contributed by atoms with Gasteiger partial charge < -0.3 is 0 Å². The van der Waals surface area contributed by atoms with Gasteiger partial charge >= 0.3 is 0 Å². The van der Waals surface area contributed by atoms with Crippen LogP contribution >= 0.6 is 0 Å². The SMILES string of the molecule is C/C(=C\C(C)(C)C)C(=O)/C(C)=C/C(C)(C)C. The molecule has 16 heavy (non-hydrogen) atoms. The maximum Gasteiger partial charge on any atom is 0.183 e. The first kappa shape index (κ1) is 15.2. The molecule has 0 aliphatic rings. The highest BCUT2D eigenvalue weighted by Crippen LogP contribution is 2.22. The van der Waals surface area contributed by atoms with Gasteiger partial charge in [0.05, 0.1) is 0 Å². The molecular weight excluding hydrogens is 196 g/mol. The molecule has 0 aromatic heterocycles. The van der Waals surface area contributed by atoms with Gasteiger partial charge in [-0.3, -0.25) is 4.79 Å². The minimum atomic E-state index is 0.0573. The van der Waals surface area contributed by atoms with E-state index in [1.54, 1.807) is 0 Å². The second kappa shape index (κ2) is 4.99. The van der Waals surface area contributed by atoms with Gasteiger partial charge in [-0.15, -0.1) is 0 Å². The Labute approximate surface area is 101 Å². The van der Waals surface area contributed by atoms with Crippen LogP contribution in [-0.2, 0) is 4.79 Å². The maximum absolute atomic E-state index is 12.1. The molecule has 0 aliphatic carbocycles. The minimum absolute atomic E-state index is 0.0573. The van der Waals surface area contributed by atoms with E-state index >= 15 is 0 Å². The Hall–Kier alpha value is -0.850. The van der Waals surface area contributed by atoms with E-state index in [2.05, 4.69) is 41.5 Å². The summed E-state index contributed by atoms with van der Waals surface area (Å²) >= 11 is 0. The lowest BCUT2D eigenvalue weighted by molar-refractivity contribution is -0.112. The first-order valence-corrected chi connectivity index (χ1v) is 5.86. The largest absolute Gasteiger partial charge is 0.289 e. The lowest BCUT2D eigenvalue weighted by Gasteiger charge is -2.16. The number of Topliss-reactive ketones (excluding diaryl/α,β-unsaturated/α-hetero) is 1. The molecule has 0 rings (SSSR count). The second-order valence-electron chi connectivity index (χ2n) is 6.72. The standard InChI is InChI=1S/C15H26O/c1-11(9-14(3,4)5)13(16)12(2)10-15(6,7)8/h9-10H,1-8H3/b11-9+,12-10+. The van der Waals surface area contributed by atoms with Crippen LogP contribution in [0.1, 0.15) is 55.4 Å². The summed E-state index contributed by atoms with van der Waals surface area (Å²) in [5.74, 6) is 0.157. The van der Waals surface area contributed by atoms with E-state index in [-0.39, 0.29) is 16.6 Å². The van der Waals surface area contributed by atoms with Gasteiger partial charge in [0.15, 0.2) is 5.78 Å². The van der Waals surface area contributed by atoms with Crippen LogP contribution in [0.15, 0.2) is 23.3 Å². The molecule has 0 aromatic rings. The van der Waals surface area contributed by atoms with E-state index in [0.717, 1.165) is 11.1 Å². The molecule has 0 unspecified atom stereocenters. The zero-order chi connectivity index (χ0) is 13.1. The fourth-order valence-electron chi connectivity index (χ4n) is 1.74. The third-order valence-corrected chi connectivity index (χ3v) is 2.02. The van der Waals surface area contributed by atoms with Gasteiger partial charge in [0, 0.05) is 0 Å². The quantitative estimate of drug-likeness (QED) is 0.627. The molecule has 0 spiro atoms. The molecular formula is C15H26O. The predicted octanol–water partition coefficient (Wildman–Crippen LogP) is 4.54. The molecule has 0 bridgehead atoms. The van der Waals surface area contributed by atoms with E-state index in [1.807, 2.05) is 26.0 Å². The first-order chi connectivity index (χ1) is 6.92. The van der Waals surface area contributed by atoms with E-state index < -0.39 is 0 Å².